The van der Waals surface area contributed by atoms with E-state index in [9.17, 15) is 4.79 Å². The molecule has 94 valence electrons. The fourth-order valence-electron chi connectivity index (χ4n) is 2.17. The Hall–Kier alpha value is -2.06. The van der Waals surface area contributed by atoms with Crippen molar-refractivity contribution < 1.29 is 14.6 Å². The highest BCUT2D eigenvalue weighted by atomic mass is 16.5. The highest BCUT2D eigenvalue weighted by Crippen LogP contribution is 2.26. The van der Waals surface area contributed by atoms with Crippen LogP contribution in [0.3, 0.4) is 0 Å². The maximum Gasteiger partial charge on any atom is 0.334 e. The minimum absolute atomic E-state index is 0.273. The van der Waals surface area contributed by atoms with Gasteiger partial charge in [0.05, 0.1) is 24.4 Å². The number of nitriles is 1. The molecule has 0 amide bonds. The molecule has 1 aromatic rings. The Morgan fingerprint density at radius 3 is 3.06 bits per heavy atom. The van der Waals surface area contributed by atoms with E-state index in [-0.39, 0.29) is 6.54 Å². The Morgan fingerprint density at radius 1 is 1.61 bits per heavy atom. The summed E-state index contributed by atoms with van der Waals surface area (Å²) in [6.07, 6.45) is -0.829. The first kappa shape index (κ1) is 12.4. The summed E-state index contributed by atoms with van der Waals surface area (Å²) >= 11 is 0. The molecule has 0 aliphatic carbocycles. The molecule has 5 nitrogen and oxygen atoms in total. The van der Waals surface area contributed by atoms with E-state index in [4.69, 9.17) is 15.1 Å². The molecule has 1 aliphatic rings. The van der Waals surface area contributed by atoms with Crippen LogP contribution in [0.15, 0.2) is 18.2 Å². The first-order chi connectivity index (χ1) is 8.63. The Kier molecular flexibility index (Phi) is 3.49. The molecule has 0 aromatic heterocycles. The molecular formula is C13H14N2O3. The van der Waals surface area contributed by atoms with Gasteiger partial charge in [0.15, 0.2) is 6.10 Å². The molecule has 0 spiro atoms. The maximum absolute atomic E-state index is 11.0. The van der Waals surface area contributed by atoms with Gasteiger partial charge >= 0.3 is 5.97 Å². The van der Waals surface area contributed by atoms with Crippen molar-refractivity contribution in [3.8, 4) is 6.07 Å². The normalized spacial score (nSPS) is 19.3. The van der Waals surface area contributed by atoms with Crippen molar-refractivity contribution in [1.82, 2.24) is 0 Å². The Labute approximate surface area is 105 Å². The second-order valence-electron chi connectivity index (χ2n) is 4.23. The summed E-state index contributed by atoms with van der Waals surface area (Å²) in [5, 5.41) is 18.1. The average Bonchev–Trinajstić information content (AvgIpc) is 2.38. The lowest BCUT2D eigenvalue weighted by Gasteiger charge is -2.34. The van der Waals surface area contributed by atoms with Crippen molar-refractivity contribution in [2.75, 3.05) is 24.6 Å². The number of morpholine rings is 1. The smallest absolute Gasteiger partial charge is 0.334 e. The summed E-state index contributed by atoms with van der Waals surface area (Å²) in [6, 6.07) is 7.64. The second-order valence-corrected chi connectivity index (χ2v) is 4.23. The largest absolute Gasteiger partial charge is 0.479 e. The summed E-state index contributed by atoms with van der Waals surface area (Å²) in [5.74, 6) is -0.966. The summed E-state index contributed by atoms with van der Waals surface area (Å²) in [4.78, 5) is 12.9. The van der Waals surface area contributed by atoms with Crippen LogP contribution in [0.2, 0.25) is 0 Å². The lowest BCUT2D eigenvalue weighted by atomic mass is 10.1. The van der Waals surface area contributed by atoms with E-state index in [0.29, 0.717) is 18.7 Å². The van der Waals surface area contributed by atoms with Crippen molar-refractivity contribution >= 4 is 11.7 Å². The molecule has 1 N–H and O–H groups in total. The highest BCUT2D eigenvalue weighted by Gasteiger charge is 2.28. The SMILES string of the molecule is Cc1cccc(C#N)c1N1CCOC(C(=O)O)C1. The minimum atomic E-state index is -0.966. The van der Waals surface area contributed by atoms with Crippen LogP contribution in [-0.4, -0.2) is 36.9 Å². The van der Waals surface area contributed by atoms with Crippen LogP contribution in [0.25, 0.3) is 0 Å². The number of aliphatic carboxylic acids is 1. The summed E-state index contributed by atoms with van der Waals surface area (Å²) < 4.78 is 5.18. The van der Waals surface area contributed by atoms with E-state index >= 15 is 0 Å². The molecule has 1 atom stereocenters. The van der Waals surface area contributed by atoms with Gasteiger partial charge in [-0.3, -0.25) is 0 Å². The molecular weight excluding hydrogens is 232 g/mol. The van der Waals surface area contributed by atoms with E-state index in [1.165, 1.54) is 0 Å². The third-order valence-electron chi connectivity index (χ3n) is 3.02. The molecule has 0 bridgehead atoms. The average molecular weight is 246 g/mol. The third-order valence-corrected chi connectivity index (χ3v) is 3.02. The number of benzene rings is 1. The number of ether oxygens (including phenoxy) is 1. The van der Waals surface area contributed by atoms with E-state index in [2.05, 4.69) is 6.07 Å². The molecule has 18 heavy (non-hydrogen) atoms. The number of carbonyl (C=O) groups is 1. The fourth-order valence-corrected chi connectivity index (χ4v) is 2.17. The first-order valence-electron chi connectivity index (χ1n) is 5.72. The zero-order valence-electron chi connectivity index (χ0n) is 10.1. The molecule has 1 fully saturated rings. The third kappa shape index (κ3) is 2.29. The molecule has 1 saturated heterocycles. The Morgan fingerprint density at radius 2 is 2.39 bits per heavy atom. The first-order valence-corrected chi connectivity index (χ1v) is 5.72. The second kappa shape index (κ2) is 5.07. The van der Waals surface area contributed by atoms with Crippen LogP contribution in [0.1, 0.15) is 11.1 Å². The maximum atomic E-state index is 11.0. The number of hydrogen-bond donors (Lipinski definition) is 1. The van der Waals surface area contributed by atoms with Crippen molar-refractivity contribution in [3.63, 3.8) is 0 Å². The number of carboxylic acids is 1. The zero-order valence-corrected chi connectivity index (χ0v) is 10.1. The predicted molar refractivity (Wildman–Crippen MR) is 65.5 cm³/mol. The summed E-state index contributed by atoms with van der Waals surface area (Å²) in [6.45, 7) is 3.15. The molecule has 1 aromatic carbocycles. The van der Waals surface area contributed by atoms with Crippen molar-refractivity contribution in [2.45, 2.75) is 13.0 Å². The molecule has 0 saturated carbocycles. The lowest BCUT2D eigenvalue weighted by Crippen LogP contribution is -2.46. The van der Waals surface area contributed by atoms with Gasteiger partial charge < -0.3 is 14.7 Å². The molecule has 2 rings (SSSR count). The van der Waals surface area contributed by atoms with E-state index in [1.54, 1.807) is 6.07 Å². The van der Waals surface area contributed by atoms with Gasteiger partial charge in [-0.25, -0.2) is 4.79 Å². The zero-order chi connectivity index (χ0) is 13.1. The van der Waals surface area contributed by atoms with Crippen LogP contribution in [-0.2, 0) is 9.53 Å². The van der Waals surface area contributed by atoms with Gasteiger partial charge in [-0.2, -0.15) is 5.26 Å². The number of nitrogens with zero attached hydrogens (tertiary/aromatic N) is 2. The number of para-hydroxylation sites is 1. The topological polar surface area (TPSA) is 73.6 Å². The molecule has 5 heteroatoms. The van der Waals surface area contributed by atoms with Gasteiger partial charge in [-0.05, 0) is 18.6 Å². The number of rotatable bonds is 2. The molecule has 0 radical (unpaired) electrons. The van der Waals surface area contributed by atoms with Gasteiger partial charge in [0.25, 0.3) is 0 Å². The Bertz CT molecular complexity index is 507. The predicted octanol–water partition coefficient (Wildman–Crippen LogP) is 1.16. The van der Waals surface area contributed by atoms with E-state index < -0.39 is 12.1 Å². The standard InChI is InChI=1S/C13H14N2O3/c1-9-3-2-4-10(7-14)12(9)15-5-6-18-11(8-15)13(16)17/h2-4,11H,5-6,8H2,1H3,(H,16,17). The van der Waals surface area contributed by atoms with Gasteiger partial charge in [-0.15, -0.1) is 0 Å². The number of anilines is 1. The molecule has 1 heterocycles. The van der Waals surface area contributed by atoms with Gasteiger partial charge in [0, 0.05) is 6.54 Å². The van der Waals surface area contributed by atoms with Crippen molar-refractivity contribution in [3.05, 3.63) is 29.3 Å². The van der Waals surface area contributed by atoms with E-state index in [1.807, 2.05) is 24.0 Å². The van der Waals surface area contributed by atoms with Crippen LogP contribution in [0.4, 0.5) is 5.69 Å². The highest BCUT2D eigenvalue weighted by molar-refractivity contribution is 5.74. The summed E-state index contributed by atoms with van der Waals surface area (Å²) in [7, 11) is 0. The van der Waals surface area contributed by atoms with Gasteiger partial charge in [-0.1, -0.05) is 12.1 Å². The molecule has 1 unspecified atom stereocenters. The summed E-state index contributed by atoms with van der Waals surface area (Å²) in [5.41, 5.74) is 2.36. The minimum Gasteiger partial charge on any atom is -0.479 e. The van der Waals surface area contributed by atoms with Gasteiger partial charge in [0.2, 0.25) is 0 Å². The van der Waals surface area contributed by atoms with Crippen molar-refractivity contribution in [2.24, 2.45) is 0 Å². The lowest BCUT2D eigenvalue weighted by molar-refractivity contribution is -0.150. The number of aryl methyl sites for hydroxylation is 1. The van der Waals surface area contributed by atoms with Crippen molar-refractivity contribution in [1.29, 1.82) is 5.26 Å². The Balaban J connectivity index is 2.32. The number of hydrogen-bond acceptors (Lipinski definition) is 4. The van der Waals surface area contributed by atoms with E-state index in [0.717, 1.165) is 11.3 Å². The quantitative estimate of drug-likeness (QED) is 0.847. The van der Waals surface area contributed by atoms with Crippen LogP contribution < -0.4 is 4.90 Å². The molecule has 1 aliphatic heterocycles. The van der Waals surface area contributed by atoms with Crippen LogP contribution in [0, 0.1) is 18.3 Å². The number of carboxylic acid groups (broad SMARTS) is 1. The van der Waals surface area contributed by atoms with Crippen LogP contribution >= 0.6 is 0 Å². The van der Waals surface area contributed by atoms with Crippen LogP contribution in [0.5, 0.6) is 0 Å². The van der Waals surface area contributed by atoms with Gasteiger partial charge in [0.1, 0.15) is 6.07 Å². The fraction of sp³-hybridized carbons (Fsp3) is 0.385. The monoisotopic (exact) mass is 246 g/mol.